The van der Waals surface area contributed by atoms with Crippen molar-refractivity contribution in [3.8, 4) is 0 Å². The molecule has 2 rings (SSSR count). The fourth-order valence-corrected chi connectivity index (χ4v) is 2.55. The first-order valence-corrected chi connectivity index (χ1v) is 6.44. The van der Waals surface area contributed by atoms with Crippen LogP contribution in [0.4, 0.5) is 0 Å². The number of nitrogens with one attached hydrogen (secondary N) is 1. The average molecular weight is 251 g/mol. The van der Waals surface area contributed by atoms with Crippen LogP contribution in [0.5, 0.6) is 0 Å². The van der Waals surface area contributed by atoms with Gasteiger partial charge in [0.15, 0.2) is 0 Å². The Morgan fingerprint density at radius 3 is 2.94 bits per heavy atom. The first-order valence-electron chi connectivity index (χ1n) is 6.44. The molecular weight excluding hydrogens is 230 g/mol. The van der Waals surface area contributed by atoms with E-state index in [4.69, 9.17) is 0 Å². The first-order chi connectivity index (χ1) is 8.65. The van der Waals surface area contributed by atoms with Crippen molar-refractivity contribution in [1.29, 1.82) is 0 Å². The van der Waals surface area contributed by atoms with Crippen molar-refractivity contribution in [2.45, 2.75) is 38.1 Å². The third-order valence-corrected chi connectivity index (χ3v) is 3.82. The molecule has 1 aliphatic rings. The molecule has 1 aromatic heterocycles. The van der Waals surface area contributed by atoms with Crippen LogP contribution in [0.3, 0.4) is 0 Å². The van der Waals surface area contributed by atoms with Gasteiger partial charge in [0.2, 0.25) is 0 Å². The number of hydrogen-bond acceptors (Lipinski definition) is 4. The number of rotatable bonds is 4. The summed E-state index contributed by atoms with van der Waals surface area (Å²) in [7, 11) is 1.42. The van der Waals surface area contributed by atoms with Crippen LogP contribution in [-0.2, 0) is 21.5 Å². The highest BCUT2D eigenvalue weighted by molar-refractivity contribution is 5.68. The molecule has 0 unspecified atom stereocenters. The van der Waals surface area contributed by atoms with Gasteiger partial charge in [-0.05, 0) is 25.9 Å². The normalized spacial score (nSPS) is 18.6. The summed E-state index contributed by atoms with van der Waals surface area (Å²) in [6.45, 7) is 5.00. The molecule has 0 radical (unpaired) electrons. The molecule has 0 atom stereocenters. The van der Waals surface area contributed by atoms with E-state index in [1.54, 1.807) is 0 Å². The zero-order chi connectivity index (χ0) is 13.0. The Hall–Kier alpha value is -1.36. The lowest BCUT2D eigenvalue weighted by molar-refractivity contribution is -0.140. The Morgan fingerprint density at radius 1 is 1.56 bits per heavy atom. The molecule has 5 heteroatoms. The molecule has 1 aliphatic heterocycles. The van der Waals surface area contributed by atoms with Crippen LogP contribution in [0.1, 0.15) is 31.9 Å². The van der Waals surface area contributed by atoms with Crippen LogP contribution < -0.4 is 5.32 Å². The molecule has 0 bridgehead atoms. The highest BCUT2D eigenvalue weighted by Crippen LogP contribution is 2.32. The number of carbonyl (C=O) groups excluding carboxylic acids is 1. The lowest BCUT2D eigenvalue weighted by Crippen LogP contribution is -2.39. The van der Waals surface area contributed by atoms with Crippen LogP contribution in [0.15, 0.2) is 12.5 Å². The number of piperidine rings is 1. The van der Waals surface area contributed by atoms with Crippen LogP contribution in [0.2, 0.25) is 0 Å². The molecule has 0 aromatic carbocycles. The van der Waals surface area contributed by atoms with Crippen molar-refractivity contribution in [1.82, 2.24) is 14.9 Å². The predicted octanol–water partition coefficient (Wildman–Crippen LogP) is 1.09. The molecule has 1 fully saturated rings. The molecule has 18 heavy (non-hydrogen) atoms. The van der Waals surface area contributed by atoms with Crippen molar-refractivity contribution < 1.29 is 9.53 Å². The summed E-state index contributed by atoms with van der Waals surface area (Å²) < 4.78 is 6.76. The van der Waals surface area contributed by atoms with E-state index >= 15 is 0 Å². The van der Waals surface area contributed by atoms with Gasteiger partial charge in [0.05, 0.1) is 19.9 Å². The Balaban J connectivity index is 2.09. The van der Waals surface area contributed by atoms with Crippen LogP contribution in [-0.4, -0.2) is 35.7 Å². The van der Waals surface area contributed by atoms with Gasteiger partial charge in [-0.1, -0.05) is 6.92 Å². The highest BCUT2D eigenvalue weighted by atomic mass is 16.5. The second-order valence-electron chi connectivity index (χ2n) is 5.11. The van der Waals surface area contributed by atoms with Crippen molar-refractivity contribution in [3.63, 3.8) is 0 Å². The Labute approximate surface area is 108 Å². The summed E-state index contributed by atoms with van der Waals surface area (Å²) in [6, 6.07) is 0. The zero-order valence-corrected chi connectivity index (χ0v) is 11.1. The second-order valence-corrected chi connectivity index (χ2v) is 5.11. The molecule has 0 amide bonds. The molecule has 5 nitrogen and oxygen atoms in total. The minimum absolute atomic E-state index is 0.165. The molecule has 0 saturated carbocycles. The number of methoxy groups -OCH3 is 1. The van der Waals surface area contributed by atoms with Gasteiger partial charge in [-0.25, -0.2) is 4.98 Å². The fourth-order valence-electron chi connectivity index (χ4n) is 2.55. The van der Waals surface area contributed by atoms with E-state index in [0.29, 0.717) is 13.0 Å². The van der Waals surface area contributed by atoms with Gasteiger partial charge in [-0.15, -0.1) is 0 Å². The number of aryl methyl sites for hydroxylation is 1. The summed E-state index contributed by atoms with van der Waals surface area (Å²) in [5, 5.41) is 3.38. The zero-order valence-electron chi connectivity index (χ0n) is 11.1. The topological polar surface area (TPSA) is 56.2 Å². The lowest BCUT2D eigenvalue weighted by atomic mass is 9.78. The second kappa shape index (κ2) is 5.52. The smallest absolute Gasteiger partial charge is 0.307 e. The lowest BCUT2D eigenvalue weighted by Gasteiger charge is -2.34. The Morgan fingerprint density at radius 2 is 2.28 bits per heavy atom. The van der Waals surface area contributed by atoms with E-state index in [9.17, 15) is 4.79 Å². The minimum atomic E-state index is -0.176. The average Bonchev–Trinajstić information content (AvgIpc) is 2.86. The monoisotopic (exact) mass is 251 g/mol. The summed E-state index contributed by atoms with van der Waals surface area (Å²) in [5.41, 5.74) is 1.39. The molecule has 1 saturated heterocycles. The first kappa shape index (κ1) is 13.1. The van der Waals surface area contributed by atoms with Crippen molar-refractivity contribution >= 4 is 5.97 Å². The number of carbonyl (C=O) groups is 1. The number of hydrogen-bond donors (Lipinski definition) is 1. The highest BCUT2D eigenvalue weighted by Gasteiger charge is 2.31. The third kappa shape index (κ3) is 2.72. The number of nitrogens with zero attached hydrogens (tertiary/aromatic N) is 2. The largest absolute Gasteiger partial charge is 0.469 e. The van der Waals surface area contributed by atoms with E-state index in [-0.39, 0.29) is 11.4 Å². The van der Waals surface area contributed by atoms with Gasteiger partial charge < -0.3 is 14.6 Å². The Kier molecular flexibility index (Phi) is 4.01. The fraction of sp³-hybridized carbons (Fsp3) is 0.692. The van der Waals surface area contributed by atoms with Crippen molar-refractivity contribution in [3.05, 3.63) is 18.2 Å². The SMILES string of the molecule is COC(=O)CCn1cncc1C1(C)CCNCC1. The number of aromatic nitrogens is 2. The van der Waals surface area contributed by atoms with Gasteiger partial charge in [0.1, 0.15) is 0 Å². The molecule has 0 aliphatic carbocycles. The molecular formula is C13H21N3O2. The maximum Gasteiger partial charge on any atom is 0.307 e. The maximum absolute atomic E-state index is 11.2. The van der Waals surface area contributed by atoms with Crippen LogP contribution in [0, 0.1) is 0 Å². The molecule has 2 heterocycles. The standard InChI is InChI=1S/C13H21N3O2/c1-13(4-6-14-7-5-13)11-9-15-10-16(11)8-3-12(17)18-2/h9-10,14H,3-8H2,1-2H3. The number of esters is 1. The quantitative estimate of drug-likeness (QED) is 0.814. The molecule has 1 N–H and O–H groups in total. The van der Waals surface area contributed by atoms with Gasteiger partial charge in [0.25, 0.3) is 0 Å². The van der Waals surface area contributed by atoms with E-state index in [2.05, 4.69) is 26.5 Å². The van der Waals surface area contributed by atoms with Crippen LogP contribution in [0.25, 0.3) is 0 Å². The van der Waals surface area contributed by atoms with Gasteiger partial charge in [-0.3, -0.25) is 4.79 Å². The summed E-state index contributed by atoms with van der Waals surface area (Å²) in [6.07, 6.45) is 6.36. The van der Waals surface area contributed by atoms with Crippen molar-refractivity contribution in [2.75, 3.05) is 20.2 Å². The molecule has 100 valence electrons. The van der Waals surface area contributed by atoms with E-state index < -0.39 is 0 Å². The van der Waals surface area contributed by atoms with Gasteiger partial charge >= 0.3 is 5.97 Å². The van der Waals surface area contributed by atoms with Gasteiger partial charge in [0, 0.05) is 23.9 Å². The minimum Gasteiger partial charge on any atom is -0.469 e. The number of imidazole rings is 1. The Bertz CT molecular complexity index is 408. The summed E-state index contributed by atoms with van der Waals surface area (Å²) in [5.74, 6) is -0.176. The van der Waals surface area contributed by atoms with Gasteiger partial charge in [-0.2, -0.15) is 0 Å². The maximum atomic E-state index is 11.2. The third-order valence-electron chi connectivity index (χ3n) is 3.82. The van der Waals surface area contributed by atoms with E-state index in [0.717, 1.165) is 25.9 Å². The summed E-state index contributed by atoms with van der Waals surface area (Å²) >= 11 is 0. The predicted molar refractivity (Wildman–Crippen MR) is 68.3 cm³/mol. The van der Waals surface area contributed by atoms with Crippen molar-refractivity contribution in [2.24, 2.45) is 0 Å². The summed E-state index contributed by atoms with van der Waals surface area (Å²) in [4.78, 5) is 15.4. The van der Waals surface area contributed by atoms with Crippen LogP contribution >= 0.6 is 0 Å². The molecule has 1 aromatic rings. The van der Waals surface area contributed by atoms with E-state index in [1.165, 1.54) is 12.8 Å². The van der Waals surface area contributed by atoms with E-state index in [1.807, 2.05) is 12.5 Å². The molecule has 0 spiro atoms. The number of ether oxygens (including phenoxy) is 1.